The van der Waals surface area contributed by atoms with Crippen LogP contribution < -0.4 is 5.32 Å². The van der Waals surface area contributed by atoms with Crippen molar-refractivity contribution < 1.29 is 4.74 Å². The lowest BCUT2D eigenvalue weighted by Crippen LogP contribution is -2.39. The minimum Gasteiger partial charge on any atom is -0.381 e. The molecule has 1 N–H and O–H groups in total. The Bertz CT molecular complexity index is 325. The molecule has 2 nitrogen and oxygen atoms in total. The highest BCUT2D eigenvalue weighted by molar-refractivity contribution is 5.26. The van der Waals surface area contributed by atoms with Crippen molar-refractivity contribution in [2.24, 2.45) is 0 Å². The van der Waals surface area contributed by atoms with Crippen LogP contribution in [0.2, 0.25) is 0 Å². The zero-order valence-electron chi connectivity index (χ0n) is 12.7. The molecule has 0 aliphatic carbocycles. The third kappa shape index (κ3) is 4.96. The van der Waals surface area contributed by atoms with Gasteiger partial charge in [0.15, 0.2) is 0 Å². The summed E-state index contributed by atoms with van der Waals surface area (Å²) in [5.74, 6) is 0. The van der Waals surface area contributed by atoms with Crippen molar-refractivity contribution in [3.8, 4) is 0 Å². The number of rotatable bonds is 10. The minimum atomic E-state index is 0.199. The van der Waals surface area contributed by atoms with Crippen molar-refractivity contribution in [2.45, 2.75) is 45.4 Å². The molecule has 0 aromatic heterocycles. The smallest absolute Gasteiger partial charge is 0.0475 e. The van der Waals surface area contributed by atoms with Crippen LogP contribution >= 0.6 is 0 Å². The Hall–Kier alpha value is -0.860. The second kappa shape index (κ2) is 9.11. The van der Waals surface area contributed by atoms with E-state index in [9.17, 15) is 0 Å². The van der Waals surface area contributed by atoms with E-state index >= 15 is 0 Å². The number of likely N-dealkylation sites (N-methyl/N-ethyl adjacent to an activating group) is 1. The average Bonchev–Trinajstić information content (AvgIpc) is 2.48. The molecule has 2 heteroatoms. The third-order valence-electron chi connectivity index (χ3n) is 3.85. The summed E-state index contributed by atoms with van der Waals surface area (Å²) >= 11 is 0. The number of hydrogen-bond acceptors (Lipinski definition) is 2. The summed E-state index contributed by atoms with van der Waals surface area (Å²) in [6.45, 7) is 10.4. The second-order valence-corrected chi connectivity index (χ2v) is 5.14. The van der Waals surface area contributed by atoms with E-state index in [1.54, 1.807) is 0 Å². The van der Waals surface area contributed by atoms with E-state index in [2.05, 4.69) is 56.4 Å². The normalized spacial score (nSPS) is 14.3. The molecule has 1 aromatic carbocycles. The van der Waals surface area contributed by atoms with Crippen molar-refractivity contribution in [3.05, 3.63) is 35.9 Å². The summed E-state index contributed by atoms with van der Waals surface area (Å²) < 4.78 is 5.71. The van der Waals surface area contributed by atoms with Gasteiger partial charge in [-0.25, -0.2) is 0 Å². The first kappa shape index (κ1) is 16.2. The SMILES string of the molecule is CCCOCCC(CC)(CNCC)c1ccccc1. The zero-order valence-corrected chi connectivity index (χ0v) is 12.7. The highest BCUT2D eigenvalue weighted by Gasteiger charge is 2.29. The van der Waals surface area contributed by atoms with Crippen molar-refractivity contribution in [1.82, 2.24) is 5.32 Å². The lowest BCUT2D eigenvalue weighted by Gasteiger charge is -2.34. The Morgan fingerprint density at radius 1 is 1.05 bits per heavy atom. The second-order valence-electron chi connectivity index (χ2n) is 5.14. The lowest BCUT2D eigenvalue weighted by atomic mass is 9.75. The van der Waals surface area contributed by atoms with Crippen LogP contribution in [-0.2, 0) is 10.2 Å². The molecule has 1 rings (SSSR count). The van der Waals surface area contributed by atoms with E-state index in [-0.39, 0.29) is 5.41 Å². The van der Waals surface area contributed by atoms with E-state index in [1.807, 2.05) is 0 Å². The molecule has 0 saturated carbocycles. The van der Waals surface area contributed by atoms with Crippen LogP contribution in [0.25, 0.3) is 0 Å². The Balaban J connectivity index is 2.75. The van der Waals surface area contributed by atoms with Gasteiger partial charge in [0.1, 0.15) is 0 Å². The van der Waals surface area contributed by atoms with Crippen LogP contribution in [-0.4, -0.2) is 26.3 Å². The fourth-order valence-corrected chi connectivity index (χ4v) is 2.51. The fraction of sp³-hybridized carbons (Fsp3) is 0.647. The molecule has 0 bridgehead atoms. The molecule has 0 spiro atoms. The van der Waals surface area contributed by atoms with Crippen molar-refractivity contribution >= 4 is 0 Å². The highest BCUT2D eigenvalue weighted by atomic mass is 16.5. The van der Waals surface area contributed by atoms with Crippen LogP contribution in [0.15, 0.2) is 30.3 Å². The molecular weight excluding hydrogens is 234 g/mol. The standard InChI is InChI=1S/C17H29NO/c1-4-13-19-14-12-17(5-2,15-18-6-3)16-10-8-7-9-11-16/h7-11,18H,4-6,12-15H2,1-3H3. The summed E-state index contributed by atoms with van der Waals surface area (Å²) in [6.07, 6.45) is 3.32. The molecule has 0 aliphatic rings. The Kier molecular flexibility index (Phi) is 7.76. The van der Waals surface area contributed by atoms with E-state index in [4.69, 9.17) is 4.74 Å². The maximum atomic E-state index is 5.71. The van der Waals surface area contributed by atoms with E-state index in [1.165, 1.54) is 5.56 Å². The summed E-state index contributed by atoms with van der Waals surface area (Å²) in [4.78, 5) is 0. The van der Waals surface area contributed by atoms with Gasteiger partial charge in [-0.1, -0.05) is 51.1 Å². The van der Waals surface area contributed by atoms with Gasteiger partial charge in [0.2, 0.25) is 0 Å². The van der Waals surface area contributed by atoms with Crippen molar-refractivity contribution in [1.29, 1.82) is 0 Å². The van der Waals surface area contributed by atoms with Gasteiger partial charge in [-0.2, -0.15) is 0 Å². The first-order valence-electron chi connectivity index (χ1n) is 7.63. The third-order valence-corrected chi connectivity index (χ3v) is 3.85. The van der Waals surface area contributed by atoms with Gasteiger partial charge in [0.25, 0.3) is 0 Å². The van der Waals surface area contributed by atoms with Crippen LogP contribution in [0.3, 0.4) is 0 Å². The van der Waals surface area contributed by atoms with Gasteiger partial charge >= 0.3 is 0 Å². The molecule has 0 aliphatic heterocycles. The maximum Gasteiger partial charge on any atom is 0.0475 e. The summed E-state index contributed by atoms with van der Waals surface area (Å²) in [5.41, 5.74) is 1.63. The molecule has 19 heavy (non-hydrogen) atoms. The predicted octanol–water partition coefficient (Wildman–Crippen LogP) is 3.76. The quantitative estimate of drug-likeness (QED) is 0.649. The molecule has 108 valence electrons. The van der Waals surface area contributed by atoms with E-state index < -0.39 is 0 Å². The van der Waals surface area contributed by atoms with E-state index in [0.717, 1.165) is 45.6 Å². The van der Waals surface area contributed by atoms with Gasteiger partial charge in [-0.15, -0.1) is 0 Å². The topological polar surface area (TPSA) is 21.3 Å². The largest absolute Gasteiger partial charge is 0.381 e. The van der Waals surface area contributed by atoms with Crippen LogP contribution in [0.5, 0.6) is 0 Å². The molecule has 1 atom stereocenters. The number of benzene rings is 1. The van der Waals surface area contributed by atoms with Crippen molar-refractivity contribution in [2.75, 3.05) is 26.3 Å². The molecule has 1 unspecified atom stereocenters. The lowest BCUT2D eigenvalue weighted by molar-refractivity contribution is 0.112. The molecule has 0 fully saturated rings. The Morgan fingerprint density at radius 2 is 1.79 bits per heavy atom. The molecule has 0 amide bonds. The first-order chi connectivity index (χ1) is 9.29. The van der Waals surface area contributed by atoms with Crippen LogP contribution in [0, 0.1) is 0 Å². The maximum absolute atomic E-state index is 5.71. The molecule has 0 heterocycles. The number of ether oxygens (including phenoxy) is 1. The molecular formula is C17H29NO. The number of hydrogen-bond donors (Lipinski definition) is 1. The minimum absolute atomic E-state index is 0.199. The van der Waals surface area contributed by atoms with E-state index in [0.29, 0.717) is 0 Å². The monoisotopic (exact) mass is 263 g/mol. The summed E-state index contributed by atoms with van der Waals surface area (Å²) in [5, 5.41) is 3.52. The fourth-order valence-electron chi connectivity index (χ4n) is 2.51. The first-order valence-corrected chi connectivity index (χ1v) is 7.63. The average molecular weight is 263 g/mol. The van der Waals surface area contributed by atoms with Crippen LogP contribution in [0.1, 0.15) is 45.6 Å². The number of nitrogens with one attached hydrogen (secondary N) is 1. The van der Waals surface area contributed by atoms with Gasteiger partial charge in [0, 0.05) is 25.2 Å². The summed E-state index contributed by atoms with van der Waals surface area (Å²) in [7, 11) is 0. The van der Waals surface area contributed by atoms with Crippen molar-refractivity contribution in [3.63, 3.8) is 0 Å². The zero-order chi connectivity index (χ0) is 14.0. The summed E-state index contributed by atoms with van der Waals surface area (Å²) in [6, 6.07) is 10.9. The molecule has 0 radical (unpaired) electrons. The Labute approximate surface area is 118 Å². The highest BCUT2D eigenvalue weighted by Crippen LogP contribution is 2.31. The van der Waals surface area contributed by atoms with Gasteiger partial charge in [-0.05, 0) is 31.4 Å². The van der Waals surface area contributed by atoms with Gasteiger partial charge in [0.05, 0.1) is 0 Å². The van der Waals surface area contributed by atoms with Gasteiger partial charge in [-0.3, -0.25) is 0 Å². The molecule has 1 aromatic rings. The van der Waals surface area contributed by atoms with Gasteiger partial charge < -0.3 is 10.1 Å². The molecule has 0 saturated heterocycles. The predicted molar refractivity (Wildman–Crippen MR) is 82.7 cm³/mol. The van der Waals surface area contributed by atoms with Crippen LogP contribution in [0.4, 0.5) is 0 Å². The Morgan fingerprint density at radius 3 is 2.37 bits per heavy atom.